The van der Waals surface area contributed by atoms with Gasteiger partial charge in [0.2, 0.25) is 0 Å². The Morgan fingerprint density at radius 1 is 1.64 bits per heavy atom. The molecule has 0 atom stereocenters. The van der Waals surface area contributed by atoms with Crippen molar-refractivity contribution in [2.45, 2.75) is 0 Å². The summed E-state index contributed by atoms with van der Waals surface area (Å²) in [5.74, 6) is -0.996. The highest BCUT2D eigenvalue weighted by atomic mass is 35.5. The fraction of sp³-hybridized carbons (Fsp3) is 0.111. The lowest BCUT2D eigenvalue weighted by Gasteiger charge is -2.05. The summed E-state index contributed by atoms with van der Waals surface area (Å²) in [6.45, 7) is -0.193. The third kappa shape index (κ3) is 2.38. The van der Waals surface area contributed by atoms with Crippen LogP contribution in [0.25, 0.3) is 0 Å². The lowest BCUT2D eigenvalue weighted by Crippen LogP contribution is -2.03. The Hall–Kier alpha value is -1.73. The van der Waals surface area contributed by atoms with Gasteiger partial charge in [-0.25, -0.2) is 4.79 Å². The summed E-state index contributed by atoms with van der Waals surface area (Å²) in [5, 5.41) is 17.3. The topological polar surface area (TPSA) is 70.3 Å². The Morgan fingerprint density at radius 3 is 2.93 bits per heavy atom. The molecule has 1 rings (SSSR count). The minimum atomic E-state index is -1.14. The van der Waals surface area contributed by atoms with E-state index in [9.17, 15) is 4.79 Å². The number of halogens is 1. The molecule has 0 unspecified atom stereocenters. The minimum Gasteiger partial charge on any atom is -0.478 e. The van der Waals surface area contributed by atoms with Crippen molar-refractivity contribution in [2.75, 3.05) is 6.61 Å². The minimum absolute atomic E-state index is 0.0484. The van der Waals surface area contributed by atoms with Gasteiger partial charge in [0.1, 0.15) is 17.4 Å². The SMILES string of the molecule is N#CCOc1ccc(Cl)cc1C(=O)O. The van der Waals surface area contributed by atoms with Crippen LogP contribution in [-0.4, -0.2) is 17.7 Å². The summed E-state index contributed by atoms with van der Waals surface area (Å²) in [6.07, 6.45) is 0. The third-order valence-electron chi connectivity index (χ3n) is 1.46. The van der Waals surface area contributed by atoms with Gasteiger partial charge >= 0.3 is 5.97 Å². The molecule has 0 aliphatic rings. The van der Waals surface area contributed by atoms with E-state index in [1.54, 1.807) is 6.07 Å². The van der Waals surface area contributed by atoms with E-state index < -0.39 is 5.97 Å². The Labute approximate surface area is 85.3 Å². The number of rotatable bonds is 3. The van der Waals surface area contributed by atoms with E-state index in [1.807, 2.05) is 0 Å². The van der Waals surface area contributed by atoms with E-state index >= 15 is 0 Å². The molecule has 0 aliphatic carbocycles. The maximum Gasteiger partial charge on any atom is 0.339 e. The maximum absolute atomic E-state index is 10.7. The summed E-state index contributed by atoms with van der Waals surface area (Å²) >= 11 is 5.61. The number of benzene rings is 1. The van der Waals surface area contributed by atoms with Crippen LogP contribution in [0.2, 0.25) is 5.02 Å². The molecule has 72 valence electrons. The number of carboxylic acid groups (broad SMARTS) is 1. The van der Waals surface area contributed by atoms with Gasteiger partial charge in [0, 0.05) is 5.02 Å². The number of hydrogen-bond donors (Lipinski definition) is 1. The molecular weight excluding hydrogens is 206 g/mol. The number of nitriles is 1. The van der Waals surface area contributed by atoms with Gasteiger partial charge in [-0.3, -0.25) is 0 Å². The van der Waals surface area contributed by atoms with Crippen molar-refractivity contribution in [1.29, 1.82) is 5.26 Å². The van der Waals surface area contributed by atoms with E-state index in [1.165, 1.54) is 18.2 Å². The van der Waals surface area contributed by atoms with Crippen molar-refractivity contribution in [3.05, 3.63) is 28.8 Å². The number of aromatic carboxylic acids is 1. The lowest BCUT2D eigenvalue weighted by atomic mass is 10.2. The zero-order chi connectivity index (χ0) is 10.6. The molecule has 0 radical (unpaired) electrons. The zero-order valence-electron chi connectivity index (χ0n) is 7.03. The van der Waals surface area contributed by atoms with E-state index in [0.29, 0.717) is 5.02 Å². The van der Waals surface area contributed by atoms with Gasteiger partial charge in [-0.15, -0.1) is 0 Å². The van der Waals surface area contributed by atoms with Crippen molar-refractivity contribution in [2.24, 2.45) is 0 Å². The van der Waals surface area contributed by atoms with E-state index in [4.69, 9.17) is 26.7 Å². The van der Waals surface area contributed by atoms with Gasteiger partial charge in [0.25, 0.3) is 0 Å². The molecule has 0 fully saturated rings. The summed E-state index contributed by atoms with van der Waals surface area (Å²) in [4.78, 5) is 10.7. The Morgan fingerprint density at radius 2 is 2.36 bits per heavy atom. The van der Waals surface area contributed by atoms with Crippen LogP contribution in [0.4, 0.5) is 0 Å². The molecule has 0 bridgehead atoms. The van der Waals surface area contributed by atoms with Crippen molar-refractivity contribution in [1.82, 2.24) is 0 Å². The molecule has 0 saturated carbocycles. The average Bonchev–Trinajstić information content (AvgIpc) is 2.15. The summed E-state index contributed by atoms with van der Waals surface area (Å²) < 4.78 is 4.90. The quantitative estimate of drug-likeness (QED) is 0.830. The van der Waals surface area contributed by atoms with Gasteiger partial charge in [-0.05, 0) is 18.2 Å². The first-order valence-corrected chi connectivity index (χ1v) is 4.05. The van der Waals surface area contributed by atoms with Crippen LogP contribution >= 0.6 is 11.6 Å². The fourth-order valence-corrected chi connectivity index (χ4v) is 1.08. The van der Waals surface area contributed by atoms with Crippen molar-refractivity contribution in [3.8, 4) is 11.8 Å². The summed E-state index contributed by atoms with van der Waals surface area (Å²) in [7, 11) is 0. The average molecular weight is 212 g/mol. The predicted octanol–water partition coefficient (Wildman–Crippen LogP) is 1.94. The van der Waals surface area contributed by atoms with Crippen molar-refractivity contribution in [3.63, 3.8) is 0 Å². The zero-order valence-corrected chi connectivity index (χ0v) is 7.78. The highest BCUT2D eigenvalue weighted by Crippen LogP contribution is 2.22. The van der Waals surface area contributed by atoms with Gasteiger partial charge in [-0.2, -0.15) is 5.26 Å². The van der Waals surface area contributed by atoms with E-state index in [0.717, 1.165) is 0 Å². The Balaban J connectivity index is 3.03. The highest BCUT2D eigenvalue weighted by Gasteiger charge is 2.11. The molecule has 0 amide bonds. The molecule has 1 aromatic carbocycles. The standard InChI is InChI=1S/C9H6ClNO3/c10-6-1-2-8(14-4-3-11)7(5-6)9(12)13/h1-2,5H,4H2,(H,12,13). The van der Waals surface area contributed by atoms with E-state index in [-0.39, 0.29) is 17.9 Å². The second-order valence-corrected chi connectivity index (χ2v) is 2.83. The second kappa shape index (κ2) is 4.49. The molecule has 14 heavy (non-hydrogen) atoms. The first kappa shape index (κ1) is 10.4. The molecule has 0 aliphatic heterocycles. The number of ether oxygens (including phenoxy) is 1. The molecule has 0 saturated heterocycles. The summed E-state index contributed by atoms with van der Waals surface area (Å²) in [6, 6.07) is 5.94. The van der Waals surface area contributed by atoms with Gasteiger partial charge in [-0.1, -0.05) is 11.6 Å². The number of carbonyl (C=O) groups is 1. The monoisotopic (exact) mass is 211 g/mol. The normalized spacial score (nSPS) is 9.14. The Bertz CT molecular complexity index is 398. The molecular formula is C9H6ClNO3. The molecule has 0 spiro atoms. The lowest BCUT2D eigenvalue weighted by molar-refractivity contribution is 0.0693. The van der Waals surface area contributed by atoms with Crippen LogP contribution in [0.15, 0.2) is 18.2 Å². The first-order valence-electron chi connectivity index (χ1n) is 3.67. The maximum atomic E-state index is 10.7. The molecule has 5 heteroatoms. The molecule has 1 N–H and O–H groups in total. The van der Waals surface area contributed by atoms with Crippen molar-refractivity contribution >= 4 is 17.6 Å². The molecule has 4 nitrogen and oxygen atoms in total. The molecule has 0 heterocycles. The summed E-state index contributed by atoms with van der Waals surface area (Å²) in [5.41, 5.74) is -0.0484. The predicted molar refractivity (Wildman–Crippen MR) is 49.5 cm³/mol. The number of nitrogens with zero attached hydrogens (tertiary/aromatic N) is 1. The highest BCUT2D eigenvalue weighted by molar-refractivity contribution is 6.31. The van der Waals surface area contributed by atoms with Crippen LogP contribution in [0.3, 0.4) is 0 Å². The largest absolute Gasteiger partial charge is 0.478 e. The molecule has 0 aromatic heterocycles. The van der Waals surface area contributed by atoms with Crippen LogP contribution < -0.4 is 4.74 Å². The van der Waals surface area contributed by atoms with Gasteiger partial charge in [0.05, 0.1) is 0 Å². The third-order valence-corrected chi connectivity index (χ3v) is 1.70. The van der Waals surface area contributed by atoms with E-state index in [2.05, 4.69) is 0 Å². The van der Waals surface area contributed by atoms with Gasteiger partial charge in [0.15, 0.2) is 6.61 Å². The number of hydrogen-bond acceptors (Lipinski definition) is 3. The Kier molecular flexibility index (Phi) is 3.32. The smallest absolute Gasteiger partial charge is 0.339 e. The fourth-order valence-electron chi connectivity index (χ4n) is 0.905. The first-order chi connectivity index (χ1) is 6.65. The molecule has 1 aromatic rings. The van der Waals surface area contributed by atoms with Crippen LogP contribution in [0, 0.1) is 11.3 Å². The van der Waals surface area contributed by atoms with Gasteiger partial charge < -0.3 is 9.84 Å². The second-order valence-electron chi connectivity index (χ2n) is 2.39. The van der Waals surface area contributed by atoms with Crippen LogP contribution in [-0.2, 0) is 0 Å². The van der Waals surface area contributed by atoms with Crippen LogP contribution in [0.5, 0.6) is 5.75 Å². The van der Waals surface area contributed by atoms with Crippen molar-refractivity contribution < 1.29 is 14.6 Å². The number of carboxylic acids is 1. The van der Waals surface area contributed by atoms with Crippen LogP contribution in [0.1, 0.15) is 10.4 Å².